The van der Waals surface area contributed by atoms with Crippen LogP contribution in [-0.4, -0.2) is 32.9 Å². The van der Waals surface area contributed by atoms with E-state index in [2.05, 4.69) is 25.6 Å². The van der Waals surface area contributed by atoms with E-state index in [9.17, 15) is 18.0 Å². The molecule has 4 N–H and O–H groups in total. The summed E-state index contributed by atoms with van der Waals surface area (Å²) in [5.41, 5.74) is -0.579. The predicted molar refractivity (Wildman–Crippen MR) is 118 cm³/mol. The first-order valence-electron chi connectivity index (χ1n) is 10.1. The molecule has 0 radical (unpaired) electrons. The van der Waals surface area contributed by atoms with Gasteiger partial charge in [-0.15, -0.1) is 0 Å². The number of benzene rings is 1. The van der Waals surface area contributed by atoms with Crippen LogP contribution in [0, 0.1) is 5.41 Å². The van der Waals surface area contributed by atoms with E-state index < -0.39 is 17.8 Å². The summed E-state index contributed by atoms with van der Waals surface area (Å²) in [6.45, 7) is 0. The van der Waals surface area contributed by atoms with Crippen molar-refractivity contribution in [2.75, 3.05) is 5.32 Å². The standard InChI is InChI=1S/C21H19Cl2F3N6O/c22-10-1-6-14-13(7-10)15(8-16(32-14)21(24,25)26)30-11-2-4-12(5-3-11)31-20(33)18-17(23)19(27)29-9-28-18/h1,6-9,11-12H,2-5H2,(H,30,32)(H,31,33)(H2,27,28,29). The van der Waals surface area contributed by atoms with Crippen molar-refractivity contribution in [1.82, 2.24) is 20.3 Å². The van der Waals surface area contributed by atoms with Crippen LogP contribution in [-0.2, 0) is 6.18 Å². The number of aromatic amines is 1. The molecular formula is C21H19Cl2F3N6O. The van der Waals surface area contributed by atoms with Crippen LogP contribution in [0.4, 0.5) is 18.9 Å². The van der Waals surface area contributed by atoms with Gasteiger partial charge in [-0.3, -0.25) is 10.2 Å². The number of hydrogen-bond acceptors (Lipinski definition) is 5. The van der Waals surface area contributed by atoms with E-state index in [1.54, 1.807) is 6.07 Å². The third-order valence-corrected chi connectivity index (χ3v) is 6.13. The Kier molecular flexibility index (Phi) is 6.49. The first-order valence-corrected chi connectivity index (χ1v) is 10.9. The van der Waals surface area contributed by atoms with Gasteiger partial charge in [0, 0.05) is 28.2 Å². The van der Waals surface area contributed by atoms with Gasteiger partial charge in [0.1, 0.15) is 16.2 Å². The molecule has 4 rings (SSSR count). The Morgan fingerprint density at radius 3 is 2.52 bits per heavy atom. The fourth-order valence-corrected chi connectivity index (χ4v) is 4.24. The molecule has 0 unspecified atom stereocenters. The molecule has 0 bridgehead atoms. The Labute approximate surface area is 196 Å². The summed E-state index contributed by atoms with van der Waals surface area (Å²) < 4.78 is 40.0. The molecule has 2 aromatic heterocycles. The fourth-order valence-electron chi connectivity index (χ4n) is 3.88. The number of amides is 1. The number of fused-ring (bicyclic) bond motifs is 1. The largest absolute Gasteiger partial charge is 0.433 e. The average Bonchev–Trinajstić information content (AvgIpc) is 2.76. The highest BCUT2D eigenvalue weighted by atomic mass is 35.5. The zero-order chi connectivity index (χ0) is 23.8. The quantitative estimate of drug-likeness (QED) is 0.409. The zero-order valence-electron chi connectivity index (χ0n) is 17.1. The highest BCUT2D eigenvalue weighted by Gasteiger charge is 2.34. The number of alkyl halides is 3. The summed E-state index contributed by atoms with van der Waals surface area (Å²) in [5, 5.41) is 14.6. The van der Waals surface area contributed by atoms with Crippen LogP contribution in [0.1, 0.15) is 41.9 Å². The van der Waals surface area contributed by atoms with E-state index in [0.29, 0.717) is 41.8 Å². The summed E-state index contributed by atoms with van der Waals surface area (Å²) in [6, 6.07) is 5.34. The number of pyridine rings is 1. The number of nitrogens with one attached hydrogen (secondary N) is 4. The van der Waals surface area contributed by atoms with Gasteiger partial charge in [0.15, 0.2) is 5.69 Å². The van der Waals surface area contributed by atoms with Gasteiger partial charge in [-0.05, 0) is 49.9 Å². The number of H-pyrrole nitrogens is 1. The van der Waals surface area contributed by atoms with E-state index in [1.807, 2.05) is 0 Å². The highest BCUT2D eigenvalue weighted by Crippen LogP contribution is 2.35. The Morgan fingerprint density at radius 1 is 1.12 bits per heavy atom. The van der Waals surface area contributed by atoms with Crippen LogP contribution in [0.3, 0.4) is 0 Å². The van der Waals surface area contributed by atoms with Gasteiger partial charge < -0.3 is 15.6 Å². The molecule has 1 aliphatic carbocycles. The number of carbonyl (C=O) groups excluding carboxylic acids is 1. The molecule has 3 aromatic rings. The third kappa shape index (κ3) is 5.22. The second-order valence-corrected chi connectivity index (χ2v) is 8.64. The molecule has 33 heavy (non-hydrogen) atoms. The Bertz CT molecular complexity index is 1250. The minimum Gasteiger partial charge on any atom is -0.382 e. The van der Waals surface area contributed by atoms with Crippen LogP contribution in [0.15, 0.2) is 30.6 Å². The molecule has 0 atom stereocenters. The molecule has 0 saturated heterocycles. The lowest BCUT2D eigenvalue weighted by molar-refractivity contribution is -0.140. The summed E-state index contributed by atoms with van der Waals surface area (Å²) in [7, 11) is 0. The van der Waals surface area contributed by atoms with Gasteiger partial charge in [-0.1, -0.05) is 23.2 Å². The maximum Gasteiger partial charge on any atom is 0.433 e. The number of hydrogen-bond donors (Lipinski definition) is 4. The van der Waals surface area contributed by atoms with Gasteiger partial charge in [0.05, 0.1) is 11.8 Å². The van der Waals surface area contributed by atoms with Gasteiger partial charge in [-0.2, -0.15) is 13.2 Å². The molecule has 174 valence electrons. The number of rotatable bonds is 4. The second kappa shape index (κ2) is 9.18. The Hall–Kier alpha value is -2.85. The maximum atomic E-state index is 13.3. The topological polar surface area (TPSA) is 107 Å². The van der Waals surface area contributed by atoms with Crippen molar-refractivity contribution < 1.29 is 18.0 Å². The van der Waals surface area contributed by atoms with E-state index in [0.717, 1.165) is 6.07 Å². The van der Waals surface area contributed by atoms with Crippen molar-refractivity contribution in [3.63, 3.8) is 0 Å². The smallest absolute Gasteiger partial charge is 0.382 e. The first kappa shape index (κ1) is 23.3. The number of nitrogens with zero attached hydrogens (tertiary/aromatic N) is 2. The minimum atomic E-state index is -4.57. The first-order chi connectivity index (χ1) is 15.6. The Balaban J connectivity index is 1.46. The van der Waals surface area contributed by atoms with E-state index in [4.69, 9.17) is 28.6 Å². The fraction of sp³-hybridized carbons (Fsp3) is 0.333. The monoisotopic (exact) mass is 498 g/mol. The van der Waals surface area contributed by atoms with Crippen LogP contribution in [0.25, 0.3) is 10.9 Å². The molecule has 1 aromatic carbocycles. The third-order valence-electron chi connectivity index (χ3n) is 5.53. The van der Waals surface area contributed by atoms with Crippen molar-refractivity contribution in [2.45, 2.75) is 43.9 Å². The molecule has 1 fully saturated rings. The van der Waals surface area contributed by atoms with Crippen LogP contribution in [0.5, 0.6) is 0 Å². The van der Waals surface area contributed by atoms with Crippen LogP contribution < -0.4 is 16.1 Å². The van der Waals surface area contributed by atoms with Crippen molar-refractivity contribution in [3.8, 4) is 0 Å². The molecule has 1 aliphatic rings. The van der Waals surface area contributed by atoms with Crippen molar-refractivity contribution in [2.24, 2.45) is 0 Å². The maximum absolute atomic E-state index is 13.3. The second-order valence-electron chi connectivity index (χ2n) is 7.82. The zero-order valence-corrected chi connectivity index (χ0v) is 18.6. The molecule has 1 saturated carbocycles. The van der Waals surface area contributed by atoms with E-state index in [-0.39, 0.29) is 33.8 Å². The predicted octanol–water partition coefficient (Wildman–Crippen LogP) is 4.92. The summed E-state index contributed by atoms with van der Waals surface area (Å²) in [6.07, 6.45) is -0.860. The summed E-state index contributed by atoms with van der Waals surface area (Å²) in [5.74, 6) is -0.469. The Morgan fingerprint density at radius 2 is 1.82 bits per heavy atom. The lowest BCUT2D eigenvalue weighted by Crippen LogP contribution is -2.41. The molecule has 7 nitrogen and oxygen atoms in total. The molecule has 12 heteroatoms. The molecular weight excluding hydrogens is 480 g/mol. The normalized spacial score (nSPS) is 18.8. The van der Waals surface area contributed by atoms with Crippen molar-refractivity contribution >= 4 is 45.7 Å². The summed E-state index contributed by atoms with van der Waals surface area (Å²) in [4.78, 5) is 22.6. The van der Waals surface area contributed by atoms with E-state index in [1.165, 1.54) is 18.5 Å². The van der Waals surface area contributed by atoms with Crippen molar-refractivity contribution in [1.29, 1.82) is 5.41 Å². The average molecular weight is 499 g/mol. The van der Waals surface area contributed by atoms with E-state index >= 15 is 0 Å². The lowest BCUT2D eigenvalue weighted by atomic mass is 9.90. The van der Waals surface area contributed by atoms with Gasteiger partial charge in [-0.25, -0.2) is 9.97 Å². The van der Waals surface area contributed by atoms with Gasteiger partial charge in [0.25, 0.3) is 5.91 Å². The van der Waals surface area contributed by atoms with Gasteiger partial charge in [0.2, 0.25) is 0 Å². The molecule has 0 aliphatic heterocycles. The number of anilines is 1. The van der Waals surface area contributed by atoms with Gasteiger partial charge >= 0.3 is 6.18 Å². The molecule has 1 amide bonds. The van der Waals surface area contributed by atoms with Crippen LogP contribution in [0.2, 0.25) is 10.0 Å². The summed E-state index contributed by atoms with van der Waals surface area (Å²) >= 11 is 12.0. The highest BCUT2D eigenvalue weighted by molar-refractivity contribution is 6.33. The SMILES string of the molecule is N=c1[nH]cnc(C(=O)NC2CCC(Nc3cc(C(F)(F)F)nc4ccc(Cl)cc34)CC2)c1Cl. The number of carbonyl (C=O) groups is 1. The van der Waals surface area contributed by atoms with Crippen LogP contribution >= 0.6 is 23.2 Å². The number of aromatic nitrogens is 3. The lowest BCUT2D eigenvalue weighted by Gasteiger charge is -2.30. The van der Waals surface area contributed by atoms with Crippen molar-refractivity contribution in [3.05, 3.63) is 57.5 Å². The molecule has 0 spiro atoms. The number of halogens is 5. The molecule has 2 heterocycles. The minimum absolute atomic E-state index is 0.0273.